The van der Waals surface area contributed by atoms with Crippen LogP contribution in [-0.4, -0.2) is 151 Å². The zero-order valence-electron chi connectivity index (χ0n) is 35.2. The van der Waals surface area contributed by atoms with Gasteiger partial charge in [-0.3, -0.25) is 14.4 Å². The van der Waals surface area contributed by atoms with Gasteiger partial charge < -0.3 is 62.9 Å². The lowest BCUT2D eigenvalue weighted by molar-refractivity contribution is -0.344. The number of aliphatic hydroxyl groups is 3. The number of hydrogen-bond donors (Lipinski definition) is 3. The Hall–Kier alpha value is -2.80. The molecule has 326 valence electrons. The van der Waals surface area contributed by atoms with Crippen LogP contribution in [0.4, 0.5) is 0 Å². The highest BCUT2D eigenvalue weighted by molar-refractivity contribution is 5.72. The molecule has 2 saturated heterocycles. The first-order valence-corrected chi connectivity index (χ1v) is 20.1. The number of allylic oxidation sites excluding steroid dienone is 2. The van der Waals surface area contributed by atoms with Crippen molar-refractivity contribution in [2.24, 2.45) is 11.8 Å². The van der Waals surface area contributed by atoms with Gasteiger partial charge in [-0.25, -0.2) is 0 Å². The largest absolute Gasteiger partial charge is 0.462 e. The van der Waals surface area contributed by atoms with Gasteiger partial charge in [0, 0.05) is 39.2 Å². The summed E-state index contributed by atoms with van der Waals surface area (Å²) in [5.41, 5.74) is -1.49. The van der Waals surface area contributed by atoms with Crippen LogP contribution >= 0.6 is 0 Å². The highest BCUT2D eigenvalue weighted by Gasteiger charge is 2.53. The van der Waals surface area contributed by atoms with Crippen molar-refractivity contribution < 1.29 is 72.4 Å². The minimum Gasteiger partial charge on any atom is -0.462 e. The number of esters is 3. The minimum absolute atomic E-state index is 0.000633. The average molecular weight is 814 g/mol. The number of methoxy groups -OCH3 is 1. The molecule has 3 aliphatic heterocycles. The summed E-state index contributed by atoms with van der Waals surface area (Å²) >= 11 is 0. The van der Waals surface area contributed by atoms with Gasteiger partial charge in [0.1, 0.15) is 42.4 Å². The fourth-order valence-corrected chi connectivity index (χ4v) is 7.82. The van der Waals surface area contributed by atoms with E-state index in [4.69, 9.17) is 37.9 Å². The number of carbonyl (C=O) groups excluding carboxylic acids is 4. The summed E-state index contributed by atoms with van der Waals surface area (Å²) < 4.78 is 48.5. The van der Waals surface area contributed by atoms with Crippen molar-refractivity contribution in [3.05, 3.63) is 24.3 Å². The lowest BCUT2D eigenvalue weighted by Gasteiger charge is -2.50. The summed E-state index contributed by atoms with van der Waals surface area (Å²) in [7, 11) is 4.86. The molecular formula is C41H67NO15. The van der Waals surface area contributed by atoms with Crippen molar-refractivity contribution in [1.29, 1.82) is 0 Å². The number of rotatable bonds is 12. The molecule has 57 heavy (non-hydrogen) atoms. The van der Waals surface area contributed by atoms with Crippen molar-refractivity contribution in [2.75, 3.05) is 21.2 Å². The van der Waals surface area contributed by atoms with Gasteiger partial charge in [-0.1, -0.05) is 45.1 Å². The van der Waals surface area contributed by atoms with E-state index in [0.29, 0.717) is 12.7 Å². The average Bonchev–Trinajstić information content (AvgIpc) is 3.13. The SMILES string of the molecule is CCC(=O)O[C@@H]1CC(=O)O[C@H](C)C/C=C\C=C\[C@H](O)[C@H](C)C[C@H](CC=O)[C@@H](O[C@@H]2O[C@H](C)[C@@H](O[C@H]3C[C@@](C)(O)[C@@H](OC(=O)CC)[C@H](C)O3)[C@H](N(C)C)[C@H]2O)[C@@H]1OC. The van der Waals surface area contributed by atoms with Crippen LogP contribution in [0.15, 0.2) is 24.3 Å². The summed E-state index contributed by atoms with van der Waals surface area (Å²) in [4.78, 5) is 52.3. The highest BCUT2D eigenvalue weighted by Crippen LogP contribution is 2.37. The maximum Gasteiger partial charge on any atom is 0.309 e. The predicted molar refractivity (Wildman–Crippen MR) is 205 cm³/mol. The van der Waals surface area contributed by atoms with E-state index in [-0.39, 0.29) is 32.1 Å². The van der Waals surface area contributed by atoms with Crippen molar-refractivity contribution in [1.82, 2.24) is 4.90 Å². The Morgan fingerprint density at radius 1 is 0.965 bits per heavy atom. The van der Waals surface area contributed by atoms with Crippen molar-refractivity contribution in [3.63, 3.8) is 0 Å². The maximum atomic E-state index is 13.3. The number of hydrogen-bond acceptors (Lipinski definition) is 16. The Morgan fingerprint density at radius 3 is 2.23 bits per heavy atom. The van der Waals surface area contributed by atoms with Gasteiger partial charge in [0.15, 0.2) is 18.7 Å². The fraction of sp³-hybridized carbons (Fsp3) is 0.805. The molecular weight excluding hydrogens is 746 g/mol. The first kappa shape index (κ1) is 48.6. The Bertz CT molecular complexity index is 1350. The lowest BCUT2D eigenvalue weighted by Crippen LogP contribution is -2.66. The molecule has 16 atom stereocenters. The molecule has 2 fully saturated rings. The van der Waals surface area contributed by atoms with Crippen molar-refractivity contribution >= 4 is 24.2 Å². The molecule has 0 spiro atoms. The molecule has 16 heteroatoms. The second-order valence-electron chi connectivity index (χ2n) is 16.0. The molecule has 16 nitrogen and oxygen atoms in total. The monoisotopic (exact) mass is 813 g/mol. The second kappa shape index (κ2) is 22.5. The van der Waals surface area contributed by atoms with Gasteiger partial charge in [-0.05, 0) is 60.0 Å². The summed E-state index contributed by atoms with van der Waals surface area (Å²) in [6, 6.07) is -0.779. The summed E-state index contributed by atoms with van der Waals surface area (Å²) in [5, 5.41) is 34.5. The predicted octanol–water partition coefficient (Wildman–Crippen LogP) is 2.77. The molecule has 0 aromatic carbocycles. The molecule has 0 amide bonds. The van der Waals surface area contributed by atoms with E-state index in [1.54, 1.807) is 78.8 Å². The third-order valence-corrected chi connectivity index (χ3v) is 10.9. The number of likely N-dealkylation sites (N-methyl/N-ethyl adjacent to an activating group) is 1. The number of cyclic esters (lactones) is 1. The Morgan fingerprint density at radius 2 is 1.63 bits per heavy atom. The zero-order valence-corrected chi connectivity index (χ0v) is 35.2. The van der Waals surface area contributed by atoms with Crippen LogP contribution in [0.1, 0.15) is 93.4 Å². The summed E-state index contributed by atoms with van der Waals surface area (Å²) in [6.45, 7) is 11.8. The number of carbonyl (C=O) groups is 4. The van der Waals surface area contributed by atoms with E-state index in [1.807, 2.05) is 13.0 Å². The van der Waals surface area contributed by atoms with E-state index in [0.717, 1.165) is 0 Å². The molecule has 0 unspecified atom stereocenters. The molecule has 0 radical (unpaired) electrons. The van der Waals surface area contributed by atoms with Crippen LogP contribution in [0.25, 0.3) is 0 Å². The smallest absolute Gasteiger partial charge is 0.309 e. The molecule has 0 aromatic rings. The van der Waals surface area contributed by atoms with Crippen LogP contribution in [-0.2, 0) is 57.1 Å². The molecule has 0 saturated carbocycles. The molecule has 3 N–H and O–H groups in total. The van der Waals surface area contributed by atoms with Crippen LogP contribution in [0.2, 0.25) is 0 Å². The number of ether oxygens (including phenoxy) is 8. The van der Waals surface area contributed by atoms with Crippen LogP contribution in [0, 0.1) is 11.8 Å². The summed E-state index contributed by atoms with van der Waals surface area (Å²) in [5.74, 6) is -2.82. The normalized spacial score (nSPS) is 41.1. The van der Waals surface area contributed by atoms with Gasteiger partial charge in [-0.15, -0.1) is 0 Å². The molecule has 3 rings (SSSR count). The Kier molecular flexibility index (Phi) is 19.2. The first-order valence-electron chi connectivity index (χ1n) is 20.1. The number of aliphatic hydroxyl groups excluding tert-OH is 2. The first-order chi connectivity index (χ1) is 26.9. The molecule has 0 bridgehead atoms. The van der Waals surface area contributed by atoms with Gasteiger partial charge in [0.2, 0.25) is 0 Å². The van der Waals surface area contributed by atoms with Crippen molar-refractivity contribution in [2.45, 2.75) is 179 Å². The molecule has 0 aromatic heterocycles. The lowest BCUT2D eigenvalue weighted by atomic mass is 9.82. The molecule has 3 aliphatic rings. The third kappa shape index (κ3) is 13.6. The zero-order chi connectivity index (χ0) is 42.6. The Balaban J connectivity index is 2.01. The topological polar surface area (TPSA) is 206 Å². The van der Waals surface area contributed by atoms with E-state index < -0.39 is 121 Å². The van der Waals surface area contributed by atoms with Crippen molar-refractivity contribution in [3.8, 4) is 0 Å². The molecule has 3 heterocycles. The van der Waals surface area contributed by atoms with Gasteiger partial charge in [-0.2, -0.15) is 0 Å². The van der Waals surface area contributed by atoms with E-state index in [9.17, 15) is 34.5 Å². The third-order valence-electron chi connectivity index (χ3n) is 10.9. The van der Waals surface area contributed by atoms with E-state index in [1.165, 1.54) is 7.11 Å². The minimum atomic E-state index is -1.49. The Labute approximate surface area is 337 Å². The van der Waals surface area contributed by atoms with E-state index in [2.05, 4.69) is 0 Å². The van der Waals surface area contributed by atoms with Crippen LogP contribution in [0.5, 0.6) is 0 Å². The second-order valence-corrected chi connectivity index (χ2v) is 16.0. The van der Waals surface area contributed by atoms with Crippen LogP contribution in [0.3, 0.4) is 0 Å². The van der Waals surface area contributed by atoms with Gasteiger partial charge in [0.05, 0.1) is 36.9 Å². The fourth-order valence-electron chi connectivity index (χ4n) is 7.82. The number of aldehydes is 1. The molecule has 0 aliphatic carbocycles. The maximum absolute atomic E-state index is 13.3. The number of nitrogens with zero attached hydrogens (tertiary/aromatic N) is 1. The summed E-state index contributed by atoms with van der Waals surface area (Å²) in [6.07, 6.45) is -4.08. The van der Waals surface area contributed by atoms with Gasteiger partial charge in [0.25, 0.3) is 0 Å². The van der Waals surface area contributed by atoms with Crippen LogP contribution < -0.4 is 0 Å². The van der Waals surface area contributed by atoms with Gasteiger partial charge >= 0.3 is 17.9 Å². The highest BCUT2D eigenvalue weighted by atomic mass is 16.7. The quantitative estimate of drug-likeness (QED) is 0.147. The standard InChI is InChI=1S/C41H67NO15/c1-11-30(45)54-29-21-32(47)51-24(4)16-14-13-15-17-28(44)23(3)20-27(18-19-43)37(38(29)50-10)57-40-35(48)34(42(8)9)36(25(5)53-40)56-33-22-41(7,49)39(26(6)52-33)55-31(46)12-2/h13-15,17,19,23-29,33-40,44,48-49H,11-12,16,18,20-22H2,1-10H3/b14-13-,17-15+/t23-,24-,25-,26+,27+,28+,29-,33+,34-,35-,36-,37-,38-,39+,40+,41-/m1/s1. The van der Waals surface area contributed by atoms with E-state index >= 15 is 0 Å².